The Morgan fingerprint density at radius 3 is 2.79 bits per heavy atom. The quantitative estimate of drug-likeness (QED) is 0.799. The van der Waals surface area contributed by atoms with Gasteiger partial charge in [0.2, 0.25) is 0 Å². The number of halogens is 1. The number of hydrogen-bond donors (Lipinski definition) is 1. The first-order chi connectivity index (χ1) is 9.04. The molecule has 0 aliphatic heterocycles. The van der Waals surface area contributed by atoms with Gasteiger partial charge in [0.05, 0.1) is 0 Å². The molecule has 0 bridgehead atoms. The van der Waals surface area contributed by atoms with E-state index in [1.54, 1.807) is 0 Å². The van der Waals surface area contributed by atoms with Gasteiger partial charge in [0, 0.05) is 20.7 Å². The van der Waals surface area contributed by atoms with Crippen LogP contribution in [0.25, 0.3) is 0 Å². The lowest BCUT2D eigenvalue weighted by Gasteiger charge is -2.31. The monoisotopic (exact) mass is 341 g/mol. The van der Waals surface area contributed by atoms with Gasteiger partial charge in [-0.15, -0.1) is 11.8 Å². The summed E-state index contributed by atoms with van der Waals surface area (Å²) in [5.74, 6) is 0. The number of thioether (sulfide) groups is 1. The van der Waals surface area contributed by atoms with E-state index >= 15 is 0 Å². The van der Waals surface area contributed by atoms with Crippen LogP contribution in [0.4, 0.5) is 0 Å². The van der Waals surface area contributed by atoms with Crippen molar-refractivity contribution in [1.82, 2.24) is 5.32 Å². The van der Waals surface area contributed by atoms with Gasteiger partial charge in [-0.1, -0.05) is 32.9 Å². The summed E-state index contributed by atoms with van der Waals surface area (Å²) in [5, 5.41) is 4.46. The van der Waals surface area contributed by atoms with Gasteiger partial charge in [-0.2, -0.15) is 0 Å². The van der Waals surface area contributed by atoms with Crippen LogP contribution in [0.3, 0.4) is 0 Å². The van der Waals surface area contributed by atoms with Crippen LogP contribution in [-0.2, 0) is 0 Å². The number of hydrogen-bond acceptors (Lipinski definition) is 2. The maximum Gasteiger partial charge on any atom is 0.0311 e. The van der Waals surface area contributed by atoms with Crippen molar-refractivity contribution in [3.8, 4) is 0 Å². The minimum absolute atomic E-state index is 0.411. The molecule has 0 aromatic heterocycles. The molecule has 1 fully saturated rings. The van der Waals surface area contributed by atoms with E-state index < -0.39 is 0 Å². The number of benzene rings is 1. The standard InChI is InChI=1S/C16H24BrNS/c1-4-11-18-15-14(9-10-16(15,2)3)19-13-8-6-5-7-12(13)17/h5-8,14-15,18H,4,9-11H2,1-3H3. The van der Waals surface area contributed by atoms with Crippen LogP contribution in [0.1, 0.15) is 40.0 Å². The average Bonchev–Trinajstić information content (AvgIpc) is 2.65. The van der Waals surface area contributed by atoms with Crippen molar-refractivity contribution in [2.45, 2.75) is 56.2 Å². The van der Waals surface area contributed by atoms with E-state index in [1.165, 1.54) is 28.6 Å². The van der Waals surface area contributed by atoms with E-state index in [-0.39, 0.29) is 0 Å². The Bertz CT molecular complexity index is 419. The predicted octanol–water partition coefficient (Wildman–Crippen LogP) is 5.10. The second-order valence-electron chi connectivity index (χ2n) is 6.05. The molecule has 1 aromatic rings. The molecule has 1 nitrogen and oxygen atoms in total. The number of rotatable bonds is 5. The summed E-state index contributed by atoms with van der Waals surface area (Å²) in [6, 6.07) is 9.18. The Balaban J connectivity index is 2.08. The van der Waals surface area contributed by atoms with Crippen molar-refractivity contribution >= 4 is 27.7 Å². The lowest BCUT2D eigenvalue weighted by molar-refractivity contribution is 0.287. The second kappa shape index (κ2) is 6.64. The van der Waals surface area contributed by atoms with E-state index in [9.17, 15) is 0 Å². The molecular weight excluding hydrogens is 318 g/mol. The van der Waals surface area contributed by atoms with Gasteiger partial charge >= 0.3 is 0 Å². The first kappa shape index (κ1) is 15.4. The zero-order valence-corrected chi connectivity index (χ0v) is 14.5. The van der Waals surface area contributed by atoms with E-state index in [1.807, 2.05) is 11.8 Å². The highest BCUT2D eigenvalue weighted by molar-refractivity contribution is 9.10. The van der Waals surface area contributed by atoms with Crippen LogP contribution in [0, 0.1) is 5.41 Å². The minimum atomic E-state index is 0.411. The van der Waals surface area contributed by atoms with Gasteiger partial charge in [0.15, 0.2) is 0 Å². The maximum absolute atomic E-state index is 3.78. The Hall–Kier alpha value is 0.01000. The lowest BCUT2D eigenvalue weighted by Crippen LogP contribution is -2.43. The first-order valence-electron chi connectivity index (χ1n) is 7.19. The van der Waals surface area contributed by atoms with Gasteiger partial charge in [0.1, 0.15) is 0 Å². The molecule has 1 aliphatic rings. The largest absolute Gasteiger partial charge is 0.312 e. The zero-order valence-electron chi connectivity index (χ0n) is 12.1. The summed E-state index contributed by atoms with van der Waals surface area (Å²) in [6.07, 6.45) is 3.83. The van der Waals surface area contributed by atoms with Crippen molar-refractivity contribution < 1.29 is 0 Å². The fourth-order valence-corrected chi connectivity index (χ4v) is 4.94. The average molecular weight is 342 g/mol. The number of nitrogens with one attached hydrogen (secondary N) is 1. The van der Waals surface area contributed by atoms with Gasteiger partial charge in [-0.3, -0.25) is 0 Å². The molecule has 0 saturated heterocycles. The summed E-state index contributed by atoms with van der Waals surface area (Å²) in [4.78, 5) is 1.37. The normalized spacial score (nSPS) is 25.7. The summed E-state index contributed by atoms with van der Waals surface area (Å²) >= 11 is 5.69. The molecule has 1 N–H and O–H groups in total. The summed E-state index contributed by atoms with van der Waals surface area (Å²) < 4.78 is 1.22. The minimum Gasteiger partial charge on any atom is -0.312 e. The Morgan fingerprint density at radius 1 is 1.37 bits per heavy atom. The highest BCUT2D eigenvalue weighted by atomic mass is 79.9. The van der Waals surface area contributed by atoms with Crippen LogP contribution in [0.15, 0.2) is 33.6 Å². The van der Waals surface area contributed by atoms with Crippen LogP contribution >= 0.6 is 27.7 Å². The third-order valence-electron chi connectivity index (χ3n) is 4.02. The zero-order chi connectivity index (χ0) is 13.9. The molecule has 1 saturated carbocycles. The van der Waals surface area contributed by atoms with Gasteiger partial charge < -0.3 is 5.32 Å². The SMILES string of the molecule is CCCNC1C(Sc2ccccc2Br)CCC1(C)C. The van der Waals surface area contributed by atoms with Crippen LogP contribution in [-0.4, -0.2) is 17.8 Å². The maximum atomic E-state index is 3.78. The van der Waals surface area contributed by atoms with Crippen LogP contribution in [0.2, 0.25) is 0 Å². The topological polar surface area (TPSA) is 12.0 Å². The summed E-state index contributed by atoms with van der Waals surface area (Å²) in [6.45, 7) is 8.17. The summed E-state index contributed by atoms with van der Waals surface area (Å²) in [5.41, 5.74) is 0.411. The third-order valence-corrected chi connectivity index (χ3v) is 6.39. The van der Waals surface area contributed by atoms with E-state index in [0.717, 1.165) is 6.54 Å². The van der Waals surface area contributed by atoms with Crippen molar-refractivity contribution in [3.05, 3.63) is 28.7 Å². The van der Waals surface area contributed by atoms with E-state index in [4.69, 9.17) is 0 Å². The molecule has 2 unspecified atom stereocenters. The Kier molecular flexibility index (Phi) is 5.38. The molecule has 3 heteroatoms. The molecule has 0 radical (unpaired) electrons. The molecule has 0 spiro atoms. The molecule has 0 heterocycles. The highest BCUT2D eigenvalue weighted by Gasteiger charge is 2.41. The molecule has 19 heavy (non-hydrogen) atoms. The smallest absolute Gasteiger partial charge is 0.0311 e. The Labute approximate surface area is 130 Å². The van der Waals surface area contributed by atoms with Crippen molar-refractivity contribution in [2.75, 3.05) is 6.54 Å². The van der Waals surface area contributed by atoms with Crippen LogP contribution < -0.4 is 5.32 Å². The van der Waals surface area contributed by atoms with Gasteiger partial charge in [-0.05, 0) is 59.3 Å². The lowest BCUT2D eigenvalue weighted by atomic mass is 9.87. The molecule has 2 rings (SSSR count). The van der Waals surface area contributed by atoms with Crippen molar-refractivity contribution in [3.63, 3.8) is 0 Å². The fraction of sp³-hybridized carbons (Fsp3) is 0.625. The van der Waals surface area contributed by atoms with Crippen LogP contribution in [0.5, 0.6) is 0 Å². The molecule has 2 atom stereocenters. The molecule has 0 amide bonds. The molecule has 1 aromatic carbocycles. The van der Waals surface area contributed by atoms with Gasteiger partial charge in [-0.25, -0.2) is 0 Å². The molecular formula is C16H24BrNS. The van der Waals surface area contributed by atoms with Crippen molar-refractivity contribution in [1.29, 1.82) is 0 Å². The summed E-state index contributed by atoms with van der Waals surface area (Å²) in [7, 11) is 0. The van der Waals surface area contributed by atoms with Gasteiger partial charge in [0.25, 0.3) is 0 Å². The van der Waals surface area contributed by atoms with E-state index in [0.29, 0.717) is 16.7 Å². The fourth-order valence-electron chi connectivity index (χ4n) is 2.88. The molecule has 1 aliphatic carbocycles. The second-order valence-corrected chi connectivity index (χ2v) is 8.18. The highest BCUT2D eigenvalue weighted by Crippen LogP contribution is 2.46. The van der Waals surface area contributed by atoms with E-state index in [2.05, 4.69) is 66.3 Å². The van der Waals surface area contributed by atoms with Crippen molar-refractivity contribution in [2.24, 2.45) is 5.41 Å². The third kappa shape index (κ3) is 3.77. The Morgan fingerprint density at radius 2 is 2.11 bits per heavy atom. The molecule has 106 valence electrons. The predicted molar refractivity (Wildman–Crippen MR) is 88.9 cm³/mol. The first-order valence-corrected chi connectivity index (χ1v) is 8.86.